The van der Waals surface area contributed by atoms with Crippen molar-refractivity contribution in [1.82, 2.24) is 0 Å². The Morgan fingerprint density at radius 2 is 2.57 bits per heavy atom. The van der Waals surface area contributed by atoms with E-state index in [1.54, 1.807) is 6.07 Å². The highest BCUT2D eigenvalue weighted by atomic mass is 32.1. The second-order valence-electron chi connectivity index (χ2n) is 1.05. The molecule has 3 heteroatoms. The van der Waals surface area contributed by atoms with Crippen LogP contribution >= 0.6 is 11.3 Å². The Kier molecular flexibility index (Phi) is 1.17. The molecule has 2 nitrogen and oxygen atoms in total. The van der Waals surface area contributed by atoms with Crippen LogP contribution in [0.4, 0.5) is 5.00 Å². The third kappa shape index (κ3) is 0.838. The van der Waals surface area contributed by atoms with Crippen molar-refractivity contribution in [3.8, 4) is 0 Å². The van der Waals surface area contributed by atoms with Gasteiger partial charge in [-0.05, 0) is 17.5 Å². The van der Waals surface area contributed by atoms with E-state index in [1.165, 1.54) is 11.3 Å². The minimum atomic E-state index is 0.653. The van der Waals surface area contributed by atoms with Gasteiger partial charge in [0.15, 0.2) is 0 Å². The summed E-state index contributed by atoms with van der Waals surface area (Å²) in [6.07, 6.45) is 0. The topological polar surface area (TPSA) is 34.7 Å². The van der Waals surface area contributed by atoms with Gasteiger partial charge in [-0.25, -0.2) is 0 Å². The Morgan fingerprint density at radius 1 is 1.71 bits per heavy atom. The first-order valence-electron chi connectivity index (χ1n) is 1.82. The number of thiophene rings is 1. The number of hydrogen-bond donors (Lipinski definition) is 0. The summed E-state index contributed by atoms with van der Waals surface area (Å²) in [5, 5.41) is 5.46. The lowest BCUT2D eigenvalue weighted by atomic mass is 10.6. The van der Waals surface area contributed by atoms with Crippen LogP contribution in [0, 0.1) is 0 Å². The zero-order valence-corrected chi connectivity index (χ0v) is 4.35. The summed E-state index contributed by atoms with van der Waals surface area (Å²) in [7, 11) is 0. The fourth-order valence-corrected chi connectivity index (χ4v) is 0.828. The van der Waals surface area contributed by atoms with Crippen molar-refractivity contribution >= 4 is 16.3 Å². The molecule has 7 heavy (non-hydrogen) atoms. The first-order valence-corrected chi connectivity index (χ1v) is 2.70. The summed E-state index contributed by atoms with van der Waals surface area (Å²) in [5.41, 5.74) is 8.06. The monoisotopic (exact) mass is 111 g/mol. The van der Waals surface area contributed by atoms with E-state index in [4.69, 9.17) is 5.53 Å². The molecule has 0 radical (unpaired) electrons. The molecule has 1 aromatic rings. The van der Waals surface area contributed by atoms with Crippen LogP contribution in [-0.2, 0) is 0 Å². The standard InChI is InChI=1S/C4H3N2S/c5-6-4-2-1-3-7-4/h1-3H/q-1. The third-order valence-electron chi connectivity index (χ3n) is 0.605. The minimum Gasteiger partial charge on any atom is -0.706 e. The van der Waals surface area contributed by atoms with E-state index in [2.05, 4.69) is 5.11 Å². The van der Waals surface area contributed by atoms with Gasteiger partial charge in [0.05, 0.1) is 5.00 Å². The lowest BCUT2D eigenvalue weighted by molar-refractivity contribution is 1.60. The van der Waals surface area contributed by atoms with Gasteiger partial charge in [0, 0.05) is 0 Å². The van der Waals surface area contributed by atoms with Crippen LogP contribution in [0.2, 0.25) is 0 Å². The molecule has 0 saturated heterocycles. The second-order valence-corrected chi connectivity index (χ2v) is 1.98. The van der Waals surface area contributed by atoms with Crippen molar-refractivity contribution in [3.63, 3.8) is 0 Å². The summed E-state index contributed by atoms with van der Waals surface area (Å²) >= 11 is 1.41. The number of rotatable bonds is 1. The average molecular weight is 111 g/mol. The van der Waals surface area contributed by atoms with Gasteiger partial charge < -0.3 is 10.6 Å². The van der Waals surface area contributed by atoms with E-state index >= 15 is 0 Å². The maximum absolute atomic E-state index is 8.06. The maximum Gasteiger partial charge on any atom is 0.0938 e. The molecule has 0 bridgehead atoms. The van der Waals surface area contributed by atoms with Gasteiger partial charge in [0.25, 0.3) is 0 Å². The van der Waals surface area contributed by atoms with Crippen molar-refractivity contribution in [2.45, 2.75) is 0 Å². The van der Waals surface area contributed by atoms with E-state index in [0.29, 0.717) is 5.00 Å². The van der Waals surface area contributed by atoms with E-state index in [9.17, 15) is 0 Å². The van der Waals surface area contributed by atoms with E-state index in [-0.39, 0.29) is 0 Å². The predicted octanol–water partition coefficient (Wildman–Crippen LogP) is 2.40. The molecule has 0 aliphatic carbocycles. The van der Waals surface area contributed by atoms with Gasteiger partial charge in [-0.1, -0.05) is 0 Å². The molecule has 0 saturated carbocycles. The fourth-order valence-electron chi connectivity index (χ4n) is 0.327. The predicted molar refractivity (Wildman–Crippen MR) is 29.8 cm³/mol. The lowest BCUT2D eigenvalue weighted by Gasteiger charge is -1.82. The smallest absolute Gasteiger partial charge is 0.0938 e. The first kappa shape index (κ1) is 4.46. The number of nitrogens with zero attached hydrogens (tertiary/aromatic N) is 2. The summed E-state index contributed by atoms with van der Waals surface area (Å²) < 4.78 is 0. The zero-order valence-electron chi connectivity index (χ0n) is 3.53. The molecule has 0 fully saturated rings. The molecule has 0 spiro atoms. The van der Waals surface area contributed by atoms with Crippen molar-refractivity contribution in [1.29, 1.82) is 0 Å². The van der Waals surface area contributed by atoms with Crippen molar-refractivity contribution in [3.05, 3.63) is 23.0 Å². The van der Waals surface area contributed by atoms with Crippen LogP contribution < -0.4 is 0 Å². The average Bonchev–Trinajstić information content (AvgIpc) is 2.14. The largest absolute Gasteiger partial charge is 0.706 e. The van der Waals surface area contributed by atoms with Crippen molar-refractivity contribution < 1.29 is 0 Å². The molecule has 1 aromatic heterocycles. The zero-order chi connectivity index (χ0) is 5.11. The molecule has 0 amide bonds. The maximum atomic E-state index is 8.06. The summed E-state index contributed by atoms with van der Waals surface area (Å²) in [5.74, 6) is 0. The molecule has 0 aliphatic heterocycles. The SMILES string of the molecule is [N-]=Nc1cccs1. The van der Waals surface area contributed by atoms with Crippen LogP contribution in [0.25, 0.3) is 5.53 Å². The molecule has 0 atom stereocenters. The van der Waals surface area contributed by atoms with E-state index in [1.807, 2.05) is 11.4 Å². The molecular formula is C4H3N2S-. The summed E-state index contributed by atoms with van der Waals surface area (Å²) in [4.78, 5) is 0. The summed E-state index contributed by atoms with van der Waals surface area (Å²) in [6, 6.07) is 3.57. The van der Waals surface area contributed by atoms with Crippen LogP contribution in [-0.4, -0.2) is 0 Å². The van der Waals surface area contributed by atoms with Crippen LogP contribution in [0.3, 0.4) is 0 Å². The molecule has 0 unspecified atom stereocenters. The van der Waals surface area contributed by atoms with Gasteiger partial charge in [-0.15, -0.1) is 11.3 Å². The Labute approximate surface area is 45.3 Å². The first-order chi connectivity index (χ1) is 3.43. The second kappa shape index (κ2) is 1.84. The molecule has 0 aliphatic rings. The van der Waals surface area contributed by atoms with Gasteiger partial charge in [0.2, 0.25) is 0 Å². The van der Waals surface area contributed by atoms with Gasteiger partial charge in [0.1, 0.15) is 0 Å². The Bertz CT molecular complexity index is 145. The van der Waals surface area contributed by atoms with Crippen molar-refractivity contribution in [2.24, 2.45) is 5.11 Å². The quantitative estimate of drug-likeness (QED) is 0.499. The summed E-state index contributed by atoms with van der Waals surface area (Å²) in [6.45, 7) is 0. The minimum absolute atomic E-state index is 0.653. The highest BCUT2D eigenvalue weighted by molar-refractivity contribution is 7.13. The Balaban J connectivity index is 2.96. The normalized spacial score (nSPS) is 8.57. The number of hydrogen-bond acceptors (Lipinski definition) is 2. The third-order valence-corrected chi connectivity index (χ3v) is 1.36. The molecule has 36 valence electrons. The molecule has 1 rings (SSSR count). The van der Waals surface area contributed by atoms with Gasteiger partial charge in [-0.2, -0.15) is 0 Å². The van der Waals surface area contributed by atoms with Crippen LogP contribution in [0.15, 0.2) is 22.6 Å². The Morgan fingerprint density at radius 3 is 2.86 bits per heavy atom. The van der Waals surface area contributed by atoms with Crippen molar-refractivity contribution in [2.75, 3.05) is 0 Å². The highest BCUT2D eigenvalue weighted by Gasteiger charge is 1.77. The van der Waals surface area contributed by atoms with Crippen LogP contribution in [0.5, 0.6) is 0 Å². The van der Waals surface area contributed by atoms with Gasteiger partial charge >= 0.3 is 0 Å². The molecule has 0 N–H and O–H groups in total. The molecule has 1 heterocycles. The fraction of sp³-hybridized carbons (Fsp3) is 0. The van der Waals surface area contributed by atoms with Crippen LogP contribution in [0.1, 0.15) is 0 Å². The van der Waals surface area contributed by atoms with E-state index < -0.39 is 0 Å². The molecular weight excluding hydrogens is 108 g/mol. The molecule has 0 aromatic carbocycles. The Hall–Kier alpha value is -0.700. The van der Waals surface area contributed by atoms with E-state index in [0.717, 1.165) is 0 Å². The van der Waals surface area contributed by atoms with Gasteiger partial charge in [-0.3, -0.25) is 0 Å². The lowest BCUT2D eigenvalue weighted by Crippen LogP contribution is -1.34. The highest BCUT2D eigenvalue weighted by Crippen LogP contribution is 2.17.